The van der Waals surface area contributed by atoms with Gasteiger partial charge >= 0.3 is 0 Å². The smallest absolute Gasteiger partial charge is 0.288 e. The van der Waals surface area contributed by atoms with Crippen LogP contribution in [-0.2, 0) is 7.05 Å². The molecule has 2 rings (SSSR count). The van der Waals surface area contributed by atoms with Crippen LogP contribution in [0.4, 0.5) is 5.69 Å². The minimum absolute atomic E-state index is 0.0609. The summed E-state index contributed by atoms with van der Waals surface area (Å²) in [5.74, 6) is -0.226. The molecule has 6 nitrogen and oxygen atoms in total. The Morgan fingerprint density at radius 2 is 2.25 bits per heavy atom. The van der Waals surface area contributed by atoms with E-state index in [4.69, 9.17) is 11.6 Å². The Morgan fingerprint density at radius 1 is 1.50 bits per heavy atom. The van der Waals surface area contributed by atoms with Gasteiger partial charge in [-0.05, 0) is 17.7 Å². The van der Waals surface area contributed by atoms with E-state index in [0.29, 0.717) is 11.1 Å². The second kappa shape index (κ2) is 5.66. The molecule has 20 heavy (non-hydrogen) atoms. The van der Waals surface area contributed by atoms with Crippen molar-refractivity contribution in [2.45, 2.75) is 0 Å². The van der Waals surface area contributed by atoms with Crippen LogP contribution in [0.15, 0.2) is 36.7 Å². The number of halogens is 1. The normalized spacial score (nSPS) is 10.9. The number of aryl methyl sites for hydroxylation is 1. The number of allylic oxidation sites excluding steroid dienone is 1. The average Bonchev–Trinajstić information content (AvgIpc) is 2.84. The third kappa shape index (κ3) is 3.10. The van der Waals surface area contributed by atoms with Gasteiger partial charge in [0.1, 0.15) is 5.02 Å². The Bertz CT molecular complexity index is 707. The van der Waals surface area contributed by atoms with Crippen LogP contribution in [0.5, 0.6) is 0 Å². The number of benzene rings is 1. The van der Waals surface area contributed by atoms with E-state index < -0.39 is 4.92 Å². The summed E-state index contributed by atoms with van der Waals surface area (Å²) in [4.78, 5) is 22.0. The van der Waals surface area contributed by atoms with E-state index in [1.54, 1.807) is 19.3 Å². The SMILES string of the molecule is Cn1cc(C(=O)/C=C/c2ccc(Cl)c([N+](=O)[O-])c2)cn1. The van der Waals surface area contributed by atoms with Gasteiger partial charge in [-0.1, -0.05) is 23.7 Å². The summed E-state index contributed by atoms with van der Waals surface area (Å²) in [6.07, 6.45) is 5.89. The Balaban J connectivity index is 2.21. The number of nitrogens with zero attached hydrogens (tertiary/aromatic N) is 3. The van der Waals surface area contributed by atoms with Crippen molar-refractivity contribution in [3.63, 3.8) is 0 Å². The molecule has 1 aromatic carbocycles. The molecule has 0 N–H and O–H groups in total. The number of aromatic nitrogens is 2. The summed E-state index contributed by atoms with van der Waals surface area (Å²) >= 11 is 5.71. The first-order chi connectivity index (χ1) is 9.47. The van der Waals surface area contributed by atoms with E-state index in [1.165, 1.54) is 35.2 Å². The molecule has 0 spiro atoms. The third-order valence-electron chi connectivity index (χ3n) is 2.58. The zero-order valence-corrected chi connectivity index (χ0v) is 11.2. The summed E-state index contributed by atoms with van der Waals surface area (Å²) in [5.41, 5.74) is 0.785. The molecule has 7 heteroatoms. The lowest BCUT2D eigenvalue weighted by Crippen LogP contribution is -1.92. The maximum Gasteiger partial charge on any atom is 0.288 e. The lowest BCUT2D eigenvalue weighted by atomic mass is 10.1. The molecule has 0 fully saturated rings. The van der Waals surface area contributed by atoms with Gasteiger partial charge in [0.05, 0.1) is 16.7 Å². The highest BCUT2D eigenvalue weighted by molar-refractivity contribution is 6.32. The molecule has 0 saturated carbocycles. The number of rotatable bonds is 4. The van der Waals surface area contributed by atoms with Crippen LogP contribution in [0, 0.1) is 10.1 Å². The number of hydrogen-bond donors (Lipinski definition) is 0. The average molecular weight is 292 g/mol. The molecule has 0 atom stereocenters. The van der Waals surface area contributed by atoms with E-state index in [-0.39, 0.29) is 16.5 Å². The fourth-order valence-corrected chi connectivity index (χ4v) is 1.78. The lowest BCUT2D eigenvalue weighted by molar-refractivity contribution is -0.384. The van der Waals surface area contributed by atoms with Gasteiger partial charge in [0.2, 0.25) is 0 Å². The number of nitro groups is 1. The van der Waals surface area contributed by atoms with Crippen LogP contribution in [0.2, 0.25) is 5.02 Å². The van der Waals surface area contributed by atoms with Crippen molar-refractivity contribution in [1.82, 2.24) is 9.78 Å². The predicted octanol–water partition coefficient (Wildman–Crippen LogP) is 2.88. The Hall–Kier alpha value is -2.47. The lowest BCUT2D eigenvalue weighted by Gasteiger charge is -1.97. The predicted molar refractivity (Wildman–Crippen MR) is 74.7 cm³/mol. The molecule has 0 aliphatic heterocycles. The highest BCUT2D eigenvalue weighted by Crippen LogP contribution is 2.25. The van der Waals surface area contributed by atoms with Gasteiger partial charge in [-0.3, -0.25) is 19.6 Å². The summed E-state index contributed by atoms with van der Waals surface area (Å²) < 4.78 is 1.52. The summed E-state index contributed by atoms with van der Waals surface area (Å²) in [5, 5.41) is 14.7. The first-order valence-electron chi connectivity index (χ1n) is 5.62. The molecule has 0 aliphatic carbocycles. The molecule has 1 heterocycles. The zero-order chi connectivity index (χ0) is 14.7. The van der Waals surface area contributed by atoms with Crippen LogP contribution >= 0.6 is 11.6 Å². The standard InChI is InChI=1S/C13H10ClN3O3/c1-16-8-10(7-15-16)13(18)5-3-9-2-4-11(14)12(6-9)17(19)20/h2-8H,1H3/b5-3+. The third-order valence-corrected chi connectivity index (χ3v) is 2.90. The molecule has 0 saturated heterocycles. The summed E-state index contributed by atoms with van der Waals surface area (Å²) in [6.45, 7) is 0. The Kier molecular flexibility index (Phi) is 3.95. The molecular weight excluding hydrogens is 282 g/mol. The van der Waals surface area contributed by atoms with E-state index >= 15 is 0 Å². The molecular formula is C13H10ClN3O3. The highest BCUT2D eigenvalue weighted by atomic mass is 35.5. The quantitative estimate of drug-likeness (QED) is 0.375. The maximum absolute atomic E-state index is 11.8. The highest BCUT2D eigenvalue weighted by Gasteiger charge is 2.12. The van der Waals surface area contributed by atoms with Crippen LogP contribution in [-0.4, -0.2) is 20.5 Å². The van der Waals surface area contributed by atoms with E-state index in [9.17, 15) is 14.9 Å². The van der Waals surface area contributed by atoms with Crippen LogP contribution in [0.3, 0.4) is 0 Å². The topological polar surface area (TPSA) is 78.0 Å². The molecule has 0 amide bonds. The van der Waals surface area contributed by atoms with E-state index in [2.05, 4.69) is 5.10 Å². The minimum atomic E-state index is -0.567. The Morgan fingerprint density at radius 3 is 2.85 bits per heavy atom. The van der Waals surface area contributed by atoms with Crippen molar-refractivity contribution in [3.8, 4) is 0 Å². The first kappa shape index (κ1) is 14.0. The van der Waals surface area contributed by atoms with Crippen molar-refractivity contribution in [2.24, 2.45) is 7.05 Å². The number of carbonyl (C=O) groups is 1. The van der Waals surface area contributed by atoms with Crippen LogP contribution < -0.4 is 0 Å². The van der Waals surface area contributed by atoms with Crippen molar-refractivity contribution >= 4 is 29.1 Å². The Labute approximate surface area is 119 Å². The van der Waals surface area contributed by atoms with Gasteiger partial charge in [-0.25, -0.2) is 0 Å². The van der Waals surface area contributed by atoms with Gasteiger partial charge < -0.3 is 0 Å². The van der Waals surface area contributed by atoms with Crippen molar-refractivity contribution in [3.05, 3.63) is 62.9 Å². The fraction of sp³-hybridized carbons (Fsp3) is 0.0769. The van der Waals surface area contributed by atoms with Crippen molar-refractivity contribution in [1.29, 1.82) is 0 Å². The van der Waals surface area contributed by atoms with E-state index in [0.717, 1.165) is 0 Å². The van der Waals surface area contributed by atoms with Gasteiger partial charge in [0, 0.05) is 19.3 Å². The van der Waals surface area contributed by atoms with Gasteiger partial charge in [-0.2, -0.15) is 5.10 Å². The van der Waals surface area contributed by atoms with Gasteiger partial charge in [-0.15, -0.1) is 0 Å². The maximum atomic E-state index is 11.8. The number of hydrogen-bond acceptors (Lipinski definition) is 4. The molecule has 0 aliphatic rings. The molecule has 102 valence electrons. The van der Waals surface area contributed by atoms with Gasteiger partial charge in [0.15, 0.2) is 5.78 Å². The number of carbonyl (C=O) groups excluding carboxylic acids is 1. The number of ketones is 1. The first-order valence-corrected chi connectivity index (χ1v) is 6.00. The molecule has 0 unspecified atom stereocenters. The second-order valence-corrected chi connectivity index (χ2v) is 4.48. The molecule has 2 aromatic rings. The van der Waals surface area contributed by atoms with Gasteiger partial charge in [0.25, 0.3) is 5.69 Å². The van der Waals surface area contributed by atoms with Crippen LogP contribution in [0.1, 0.15) is 15.9 Å². The second-order valence-electron chi connectivity index (χ2n) is 4.07. The zero-order valence-electron chi connectivity index (χ0n) is 10.5. The molecule has 1 aromatic heterocycles. The van der Waals surface area contributed by atoms with Crippen molar-refractivity contribution in [2.75, 3.05) is 0 Å². The minimum Gasteiger partial charge on any atom is -0.289 e. The molecule has 0 radical (unpaired) electrons. The number of nitro benzene ring substituents is 1. The molecule has 0 bridgehead atoms. The fourth-order valence-electron chi connectivity index (χ4n) is 1.59. The summed E-state index contributed by atoms with van der Waals surface area (Å²) in [7, 11) is 1.71. The van der Waals surface area contributed by atoms with Crippen molar-refractivity contribution < 1.29 is 9.72 Å². The van der Waals surface area contributed by atoms with E-state index in [1.807, 2.05) is 0 Å². The van der Waals surface area contributed by atoms with Crippen LogP contribution in [0.25, 0.3) is 6.08 Å². The monoisotopic (exact) mass is 291 g/mol. The summed E-state index contributed by atoms with van der Waals surface area (Å²) in [6, 6.07) is 4.34. The largest absolute Gasteiger partial charge is 0.289 e.